The first kappa shape index (κ1) is 29.7. The van der Waals surface area contributed by atoms with Gasteiger partial charge < -0.3 is 15.2 Å². The molecular weight excluding hydrogens is 562 g/mol. The maximum Gasteiger partial charge on any atom is 0.281 e. The lowest BCUT2D eigenvalue weighted by Crippen LogP contribution is -2.49. The van der Waals surface area contributed by atoms with E-state index in [0.717, 1.165) is 0 Å². The van der Waals surface area contributed by atoms with Gasteiger partial charge in [-0.2, -0.15) is 9.40 Å². The topological polar surface area (TPSA) is 164 Å². The molecule has 0 amide bonds. The Morgan fingerprint density at radius 2 is 1.86 bits per heavy atom. The van der Waals surface area contributed by atoms with Crippen molar-refractivity contribution in [3.63, 3.8) is 0 Å². The summed E-state index contributed by atoms with van der Waals surface area (Å²) in [4.78, 5) is 29.4. The van der Waals surface area contributed by atoms with E-state index in [1.807, 2.05) is 13.0 Å². The van der Waals surface area contributed by atoms with Gasteiger partial charge >= 0.3 is 0 Å². The Bertz CT molecular complexity index is 1720. The SMILES string of the molecule is CCc1c2nc(-c3cc(S(=O)(=O)N4CCN(CCN)CC4)cnc3OCCOC)n(C)c(=O)c2nn1-c1ccccn1. The Labute approximate surface area is 243 Å². The summed E-state index contributed by atoms with van der Waals surface area (Å²) in [5, 5.41) is 4.55. The molecular formula is C27H35N9O5S. The van der Waals surface area contributed by atoms with Gasteiger partial charge in [0.05, 0.1) is 24.1 Å². The van der Waals surface area contributed by atoms with Crippen molar-refractivity contribution in [2.45, 2.75) is 18.2 Å². The van der Waals surface area contributed by atoms with Crippen LogP contribution in [0.25, 0.3) is 28.2 Å². The number of hydrogen-bond donors (Lipinski definition) is 1. The zero-order chi connectivity index (χ0) is 29.9. The van der Waals surface area contributed by atoms with E-state index in [9.17, 15) is 13.2 Å². The van der Waals surface area contributed by atoms with E-state index in [-0.39, 0.29) is 40.9 Å². The third-order valence-electron chi connectivity index (χ3n) is 7.20. The third kappa shape index (κ3) is 5.65. The molecule has 5 rings (SSSR count). The first-order valence-electron chi connectivity index (χ1n) is 13.7. The smallest absolute Gasteiger partial charge is 0.281 e. The Kier molecular flexibility index (Phi) is 8.93. The number of piperazine rings is 1. The highest BCUT2D eigenvalue weighted by Crippen LogP contribution is 2.31. The second kappa shape index (κ2) is 12.6. The minimum absolute atomic E-state index is 0.0156. The average Bonchev–Trinajstić information content (AvgIpc) is 3.39. The van der Waals surface area contributed by atoms with Crippen LogP contribution in [0.3, 0.4) is 0 Å². The minimum Gasteiger partial charge on any atom is -0.475 e. The number of hydrogen-bond acceptors (Lipinski definition) is 11. The Morgan fingerprint density at radius 1 is 1.07 bits per heavy atom. The molecule has 0 spiro atoms. The van der Waals surface area contributed by atoms with E-state index in [2.05, 4.69) is 20.0 Å². The zero-order valence-electron chi connectivity index (χ0n) is 23.9. The molecule has 0 atom stereocenters. The number of aromatic nitrogens is 6. The summed E-state index contributed by atoms with van der Waals surface area (Å²) in [5.74, 6) is 0.893. The fourth-order valence-electron chi connectivity index (χ4n) is 4.96. The molecule has 42 heavy (non-hydrogen) atoms. The molecule has 4 aromatic heterocycles. The fraction of sp³-hybridized carbons (Fsp3) is 0.444. The van der Waals surface area contributed by atoms with Crippen LogP contribution in [0.15, 0.2) is 46.3 Å². The minimum atomic E-state index is -3.89. The molecule has 0 aromatic carbocycles. The second-order valence-corrected chi connectivity index (χ2v) is 11.7. The average molecular weight is 598 g/mol. The van der Waals surface area contributed by atoms with E-state index in [1.54, 1.807) is 37.2 Å². The number of rotatable bonds is 11. The van der Waals surface area contributed by atoms with Crippen LogP contribution in [0.4, 0.5) is 0 Å². The van der Waals surface area contributed by atoms with Crippen LogP contribution < -0.4 is 16.0 Å². The Morgan fingerprint density at radius 3 is 2.52 bits per heavy atom. The van der Waals surface area contributed by atoms with Gasteiger partial charge in [0, 0.05) is 59.6 Å². The molecule has 0 radical (unpaired) electrons. The lowest BCUT2D eigenvalue weighted by molar-refractivity contribution is 0.144. The number of sulfonamides is 1. The molecule has 5 heterocycles. The van der Waals surface area contributed by atoms with E-state index in [1.165, 1.54) is 21.1 Å². The van der Waals surface area contributed by atoms with Gasteiger partial charge in [-0.15, -0.1) is 0 Å². The number of aryl methyl sites for hydroxylation is 1. The van der Waals surface area contributed by atoms with Crippen molar-refractivity contribution in [3.05, 3.63) is 52.7 Å². The maximum absolute atomic E-state index is 13.7. The van der Waals surface area contributed by atoms with E-state index < -0.39 is 15.6 Å². The molecule has 0 bridgehead atoms. The van der Waals surface area contributed by atoms with Crippen molar-refractivity contribution < 1.29 is 17.9 Å². The van der Waals surface area contributed by atoms with Crippen LogP contribution in [-0.2, 0) is 28.2 Å². The van der Waals surface area contributed by atoms with Crippen LogP contribution in [0, 0.1) is 0 Å². The number of fused-ring (bicyclic) bond motifs is 1. The number of pyridine rings is 2. The normalized spacial score (nSPS) is 15.0. The standard InChI is InChI=1S/C27H35N9O5S/c1-4-21-23-24(32-36(21)22-7-5-6-9-29-22)27(37)33(2)25(31-23)20-17-19(18-30-26(20)41-16-15-40-3)42(38,39)35-13-11-34(10-8-28)12-14-35/h5-7,9,17-18H,4,8,10-16,28H2,1-3H3. The van der Waals surface area contributed by atoms with Crippen molar-refractivity contribution in [1.29, 1.82) is 0 Å². The Hall–Kier alpha value is -3.76. The largest absolute Gasteiger partial charge is 0.475 e. The highest BCUT2D eigenvalue weighted by molar-refractivity contribution is 7.89. The molecule has 1 aliphatic heterocycles. The van der Waals surface area contributed by atoms with Crippen molar-refractivity contribution in [2.24, 2.45) is 12.8 Å². The zero-order valence-corrected chi connectivity index (χ0v) is 24.7. The molecule has 1 fully saturated rings. The summed E-state index contributed by atoms with van der Waals surface area (Å²) in [6.07, 6.45) is 3.45. The van der Waals surface area contributed by atoms with E-state index in [0.29, 0.717) is 62.7 Å². The molecule has 0 unspecified atom stereocenters. The first-order chi connectivity index (χ1) is 20.3. The molecule has 14 nitrogen and oxygen atoms in total. The maximum atomic E-state index is 13.7. The van der Waals surface area contributed by atoms with Crippen LogP contribution in [0.1, 0.15) is 12.6 Å². The van der Waals surface area contributed by atoms with Crippen molar-refractivity contribution in [2.75, 3.05) is 59.6 Å². The van der Waals surface area contributed by atoms with Gasteiger partial charge in [0.2, 0.25) is 15.9 Å². The van der Waals surface area contributed by atoms with Crippen LogP contribution >= 0.6 is 0 Å². The van der Waals surface area contributed by atoms with Crippen LogP contribution in [0.2, 0.25) is 0 Å². The number of nitrogens with zero attached hydrogens (tertiary/aromatic N) is 8. The van der Waals surface area contributed by atoms with Gasteiger partial charge in [0.25, 0.3) is 5.56 Å². The van der Waals surface area contributed by atoms with Crippen LogP contribution in [0.5, 0.6) is 5.88 Å². The lowest BCUT2D eigenvalue weighted by Gasteiger charge is -2.33. The third-order valence-corrected chi connectivity index (χ3v) is 9.07. The van der Waals surface area contributed by atoms with Gasteiger partial charge in [-0.25, -0.2) is 28.1 Å². The number of nitrogens with two attached hydrogens (primary N) is 1. The molecule has 1 aliphatic rings. The summed E-state index contributed by atoms with van der Waals surface area (Å²) >= 11 is 0. The number of methoxy groups -OCH3 is 1. The second-order valence-electron chi connectivity index (χ2n) is 9.80. The van der Waals surface area contributed by atoms with Crippen molar-refractivity contribution in [1.82, 2.24) is 38.5 Å². The summed E-state index contributed by atoms with van der Waals surface area (Å²) in [6.45, 7) is 5.46. The molecule has 4 aromatic rings. The van der Waals surface area contributed by atoms with Gasteiger partial charge in [0.15, 0.2) is 11.3 Å². The molecule has 1 saturated heterocycles. The predicted octanol–water partition coefficient (Wildman–Crippen LogP) is 0.429. The first-order valence-corrected chi connectivity index (χ1v) is 15.2. The van der Waals surface area contributed by atoms with E-state index >= 15 is 0 Å². The van der Waals surface area contributed by atoms with Crippen molar-refractivity contribution >= 4 is 21.1 Å². The van der Waals surface area contributed by atoms with Crippen LogP contribution in [-0.4, -0.2) is 107 Å². The van der Waals surface area contributed by atoms with Gasteiger partial charge in [-0.3, -0.25) is 14.3 Å². The predicted molar refractivity (Wildman–Crippen MR) is 156 cm³/mol. The summed E-state index contributed by atoms with van der Waals surface area (Å²) < 4.78 is 42.8. The van der Waals surface area contributed by atoms with Gasteiger partial charge in [-0.1, -0.05) is 13.0 Å². The monoisotopic (exact) mass is 597 g/mol. The van der Waals surface area contributed by atoms with Crippen molar-refractivity contribution in [3.8, 4) is 23.1 Å². The highest BCUT2D eigenvalue weighted by atomic mass is 32.2. The molecule has 15 heteroatoms. The Balaban J connectivity index is 1.63. The fourth-order valence-corrected chi connectivity index (χ4v) is 6.36. The quantitative estimate of drug-likeness (QED) is 0.239. The molecule has 0 saturated carbocycles. The van der Waals surface area contributed by atoms with Gasteiger partial charge in [-0.05, 0) is 24.6 Å². The summed E-state index contributed by atoms with van der Waals surface area (Å²) in [5.41, 5.74) is 6.80. The number of ether oxygens (including phenoxy) is 2. The summed E-state index contributed by atoms with van der Waals surface area (Å²) in [6, 6.07) is 6.91. The van der Waals surface area contributed by atoms with E-state index in [4.69, 9.17) is 20.2 Å². The molecule has 224 valence electrons. The highest BCUT2D eigenvalue weighted by Gasteiger charge is 2.30. The van der Waals surface area contributed by atoms with Gasteiger partial charge in [0.1, 0.15) is 22.8 Å². The summed E-state index contributed by atoms with van der Waals surface area (Å²) in [7, 11) is -0.781. The molecule has 2 N–H and O–H groups in total. The molecule has 0 aliphatic carbocycles. The lowest BCUT2D eigenvalue weighted by atomic mass is 10.2.